The zero-order valence-electron chi connectivity index (χ0n) is 7.99. The molecule has 0 aliphatic carbocycles. The first-order valence-corrected chi connectivity index (χ1v) is 4.41. The van der Waals surface area contributed by atoms with Crippen molar-refractivity contribution in [1.29, 1.82) is 0 Å². The Labute approximate surface area is 82.5 Å². The maximum atomic E-state index is 10.3. The summed E-state index contributed by atoms with van der Waals surface area (Å²) in [5, 5.41) is 10.7. The molecule has 1 aromatic rings. The third kappa shape index (κ3) is 2.97. The van der Waals surface area contributed by atoms with Crippen LogP contribution in [0.4, 0.5) is 4.79 Å². The Balaban J connectivity index is 2.68. The summed E-state index contributed by atoms with van der Waals surface area (Å²) in [5.41, 5.74) is 0.844. The lowest BCUT2D eigenvalue weighted by Crippen LogP contribution is -2.20. The third-order valence-electron chi connectivity index (χ3n) is 1.70. The van der Waals surface area contributed by atoms with Crippen molar-refractivity contribution >= 4 is 6.09 Å². The highest BCUT2D eigenvalue weighted by molar-refractivity contribution is 5.64. The molecule has 0 saturated heterocycles. The Morgan fingerprint density at radius 2 is 2.21 bits per heavy atom. The van der Waals surface area contributed by atoms with Gasteiger partial charge in [0, 0.05) is 12.1 Å². The van der Waals surface area contributed by atoms with Gasteiger partial charge in [-0.1, -0.05) is 18.2 Å². The predicted molar refractivity (Wildman–Crippen MR) is 52.5 cm³/mol. The summed E-state index contributed by atoms with van der Waals surface area (Å²) in [6.07, 6.45) is -1.03. The first kappa shape index (κ1) is 10.4. The molecule has 0 fully saturated rings. The molecule has 4 nitrogen and oxygen atoms in total. The number of hydrogen-bond donors (Lipinski definition) is 2. The summed E-state index contributed by atoms with van der Waals surface area (Å²) >= 11 is 0. The summed E-state index contributed by atoms with van der Waals surface area (Å²) in [6, 6.07) is 7.36. The largest absolute Gasteiger partial charge is 0.494 e. The van der Waals surface area contributed by atoms with Gasteiger partial charge in [-0.25, -0.2) is 4.79 Å². The van der Waals surface area contributed by atoms with Crippen LogP contribution >= 0.6 is 0 Å². The maximum absolute atomic E-state index is 10.3. The number of benzene rings is 1. The molecule has 0 bridgehead atoms. The van der Waals surface area contributed by atoms with Gasteiger partial charge in [-0.05, 0) is 13.0 Å². The molecule has 0 atom stereocenters. The molecule has 0 aromatic heterocycles. The molecule has 2 N–H and O–H groups in total. The van der Waals surface area contributed by atoms with E-state index in [1.807, 2.05) is 31.2 Å². The molecule has 0 aliphatic heterocycles. The van der Waals surface area contributed by atoms with Gasteiger partial charge in [0.05, 0.1) is 6.61 Å². The van der Waals surface area contributed by atoms with Crippen LogP contribution in [0.15, 0.2) is 24.3 Å². The van der Waals surface area contributed by atoms with Crippen LogP contribution in [0.3, 0.4) is 0 Å². The van der Waals surface area contributed by atoms with E-state index >= 15 is 0 Å². The molecule has 14 heavy (non-hydrogen) atoms. The van der Waals surface area contributed by atoms with Crippen molar-refractivity contribution in [3.05, 3.63) is 29.8 Å². The molecule has 0 saturated carbocycles. The van der Waals surface area contributed by atoms with E-state index in [1.54, 1.807) is 0 Å². The number of rotatable bonds is 4. The molecule has 76 valence electrons. The van der Waals surface area contributed by atoms with E-state index in [1.165, 1.54) is 0 Å². The molecule has 4 heteroatoms. The average molecular weight is 195 g/mol. The molecular weight excluding hydrogens is 182 g/mol. The zero-order chi connectivity index (χ0) is 10.4. The Morgan fingerprint density at radius 1 is 1.50 bits per heavy atom. The van der Waals surface area contributed by atoms with Crippen molar-refractivity contribution in [2.75, 3.05) is 6.61 Å². The summed E-state index contributed by atoms with van der Waals surface area (Å²) in [4.78, 5) is 10.3. The molecule has 0 radical (unpaired) electrons. The molecule has 0 unspecified atom stereocenters. The summed E-state index contributed by atoms with van der Waals surface area (Å²) < 4.78 is 5.34. The van der Waals surface area contributed by atoms with E-state index in [0.29, 0.717) is 6.61 Å². The highest BCUT2D eigenvalue weighted by Gasteiger charge is 2.02. The normalized spacial score (nSPS) is 9.50. The van der Waals surface area contributed by atoms with Gasteiger partial charge in [0.1, 0.15) is 5.75 Å². The molecule has 0 heterocycles. The Kier molecular flexibility index (Phi) is 3.79. The van der Waals surface area contributed by atoms with Crippen molar-refractivity contribution < 1.29 is 14.6 Å². The second kappa shape index (κ2) is 5.11. The summed E-state index contributed by atoms with van der Waals surface area (Å²) in [6.45, 7) is 2.73. The van der Waals surface area contributed by atoms with Crippen LogP contribution < -0.4 is 10.1 Å². The lowest BCUT2D eigenvalue weighted by atomic mass is 10.2. The number of amides is 1. The van der Waals surface area contributed by atoms with E-state index in [9.17, 15) is 4.79 Å². The number of carboxylic acid groups (broad SMARTS) is 1. The van der Waals surface area contributed by atoms with E-state index in [-0.39, 0.29) is 6.54 Å². The van der Waals surface area contributed by atoms with Crippen LogP contribution in [0.1, 0.15) is 12.5 Å². The van der Waals surface area contributed by atoms with Crippen LogP contribution in [0.2, 0.25) is 0 Å². The number of ether oxygens (including phenoxy) is 1. The predicted octanol–water partition coefficient (Wildman–Crippen LogP) is 1.85. The van der Waals surface area contributed by atoms with Gasteiger partial charge in [0.25, 0.3) is 0 Å². The van der Waals surface area contributed by atoms with Crippen LogP contribution in [-0.4, -0.2) is 17.8 Å². The topological polar surface area (TPSA) is 58.6 Å². The van der Waals surface area contributed by atoms with Crippen molar-refractivity contribution in [2.24, 2.45) is 0 Å². The molecule has 1 amide bonds. The molecule has 0 spiro atoms. The third-order valence-corrected chi connectivity index (χ3v) is 1.70. The number of nitrogens with one attached hydrogen (secondary N) is 1. The van der Waals surface area contributed by atoms with Gasteiger partial charge in [0.2, 0.25) is 0 Å². The van der Waals surface area contributed by atoms with Crippen molar-refractivity contribution in [1.82, 2.24) is 5.32 Å². The van der Waals surface area contributed by atoms with E-state index in [2.05, 4.69) is 5.32 Å². The molecule has 1 rings (SSSR count). The monoisotopic (exact) mass is 195 g/mol. The van der Waals surface area contributed by atoms with Crippen molar-refractivity contribution in [2.45, 2.75) is 13.5 Å². The van der Waals surface area contributed by atoms with Crippen molar-refractivity contribution in [3.8, 4) is 5.75 Å². The number of carbonyl (C=O) groups is 1. The van der Waals surface area contributed by atoms with E-state index < -0.39 is 6.09 Å². The van der Waals surface area contributed by atoms with E-state index in [4.69, 9.17) is 9.84 Å². The van der Waals surface area contributed by atoms with Gasteiger partial charge in [0.15, 0.2) is 0 Å². The molecular formula is C10H13NO3. The Bertz CT molecular complexity index is 312. The quantitative estimate of drug-likeness (QED) is 0.770. The van der Waals surface area contributed by atoms with E-state index in [0.717, 1.165) is 11.3 Å². The van der Waals surface area contributed by atoms with Gasteiger partial charge < -0.3 is 15.2 Å². The first-order chi connectivity index (χ1) is 6.74. The second-order valence-electron chi connectivity index (χ2n) is 2.70. The van der Waals surface area contributed by atoms with Crippen LogP contribution in [0.5, 0.6) is 5.75 Å². The standard InChI is InChI=1S/C10H13NO3/c1-2-14-9-6-4-3-5-8(9)7-11-10(12)13/h3-6,11H,2,7H2,1H3,(H,12,13). The maximum Gasteiger partial charge on any atom is 0.404 e. The number of para-hydroxylation sites is 1. The lowest BCUT2D eigenvalue weighted by molar-refractivity contribution is 0.194. The van der Waals surface area contributed by atoms with Gasteiger partial charge in [-0.3, -0.25) is 0 Å². The zero-order valence-corrected chi connectivity index (χ0v) is 7.99. The van der Waals surface area contributed by atoms with Crippen LogP contribution in [0.25, 0.3) is 0 Å². The minimum absolute atomic E-state index is 0.269. The second-order valence-corrected chi connectivity index (χ2v) is 2.70. The number of hydrogen-bond acceptors (Lipinski definition) is 2. The smallest absolute Gasteiger partial charge is 0.404 e. The fourth-order valence-electron chi connectivity index (χ4n) is 1.12. The fourth-order valence-corrected chi connectivity index (χ4v) is 1.12. The first-order valence-electron chi connectivity index (χ1n) is 4.41. The van der Waals surface area contributed by atoms with Crippen molar-refractivity contribution in [3.63, 3.8) is 0 Å². The van der Waals surface area contributed by atoms with Crippen LogP contribution in [0, 0.1) is 0 Å². The molecule has 0 aliphatic rings. The minimum Gasteiger partial charge on any atom is -0.494 e. The van der Waals surface area contributed by atoms with Gasteiger partial charge in [-0.2, -0.15) is 0 Å². The van der Waals surface area contributed by atoms with Crippen LogP contribution in [-0.2, 0) is 6.54 Å². The minimum atomic E-state index is -1.03. The Morgan fingerprint density at radius 3 is 2.86 bits per heavy atom. The van der Waals surface area contributed by atoms with Gasteiger partial charge in [-0.15, -0.1) is 0 Å². The fraction of sp³-hybridized carbons (Fsp3) is 0.300. The average Bonchev–Trinajstić information content (AvgIpc) is 2.17. The molecule has 1 aromatic carbocycles. The Hall–Kier alpha value is -1.71. The summed E-state index contributed by atoms with van der Waals surface area (Å²) in [7, 11) is 0. The SMILES string of the molecule is CCOc1ccccc1CNC(=O)O. The lowest BCUT2D eigenvalue weighted by Gasteiger charge is -2.09. The van der Waals surface area contributed by atoms with Gasteiger partial charge >= 0.3 is 6.09 Å². The summed E-state index contributed by atoms with van der Waals surface area (Å²) in [5.74, 6) is 0.726. The highest BCUT2D eigenvalue weighted by atomic mass is 16.5. The highest BCUT2D eigenvalue weighted by Crippen LogP contribution is 2.17.